The van der Waals surface area contributed by atoms with E-state index in [1.807, 2.05) is 42.5 Å². The highest BCUT2D eigenvalue weighted by molar-refractivity contribution is 8.13. The molecule has 0 saturated carbocycles. The normalized spacial score (nSPS) is 14.8. The molecule has 36 heavy (non-hydrogen) atoms. The third-order valence-corrected chi connectivity index (χ3v) is 7.52. The van der Waals surface area contributed by atoms with E-state index in [9.17, 15) is 19.5 Å². The van der Waals surface area contributed by atoms with Gasteiger partial charge in [-0.15, -0.1) is 0 Å². The number of hydrogen-bond acceptors (Lipinski definition) is 4. The Labute approximate surface area is 220 Å². The van der Waals surface area contributed by atoms with Crippen LogP contribution in [0.3, 0.4) is 0 Å². The number of nitrogens with zero attached hydrogens (tertiary/aromatic N) is 1. The molecular weight excluding hydrogens is 496 g/mol. The number of nitrogens with one attached hydrogen (secondary N) is 1. The van der Waals surface area contributed by atoms with Gasteiger partial charge in [-0.05, 0) is 35.1 Å². The summed E-state index contributed by atoms with van der Waals surface area (Å²) in [5, 5.41) is 12.3. The van der Waals surface area contributed by atoms with Crippen LogP contribution >= 0.6 is 23.4 Å². The summed E-state index contributed by atoms with van der Waals surface area (Å²) in [4.78, 5) is 36.1. The second-order valence-corrected chi connectivity index (χ2v) is 11.4. The summed E-state index contributed by atoms with van der Waals surface area (Å²) >= 11 is 7.12. The first-order valence-corrected chi connectivity index (χ1v) is 13.1. The summed E-state index contributed by atoms with van der Waals surface area (Å²) in [6.07, 6.45) is 1.02. The van der Waals surface area contributed by atoms with Crippen LogP contribution < -0.4 is 5.32 Å². The van der Waals surface area contributed by atoms with E-state index < -0.39 is 17.9 Å². The summed E-state index contributed by atoms with van der Waals surface area (Å²) < 4.78 is 2.27. The largest absolute Gasteiger partial charge is 0.480 e. The highest BCUT2D eigenvalue weighted by Gasteiger charge is 2.36. The van der Waals surface area contributed by atoms with Crippen LogP contribution in [0.1, 0.15) is 32.2 Å². The van der Waals surface area contributed by atoms with Crippen molar-refractivity contribution in [3.8, 4) is 22.3 Å². The molecule has 0 radical (unpaired) electrons. The molecule has 3 aromatic rings. The zero-order valence-corrected chi connectivity index (χ0v) is 22.1. The van der Waals surface area contributed by atoms with Crippen LogP contribution in [0.25, 0.3) is 22.3 Å². The topological polar surface area (TPSA) is 88.4 Å². The molecule has 2 heterocycles. The van der Waals surface area contributed by atoms with E-state index >= 15 is 0 Å². The molecule has 1 unspecified atom stereocenters. The van der Waals surface area contributed by atoms with Crippen LogP contribution in [0.2, 0.25) is 5.02 Å². The summed E-state index contributed by atoms with van der Waals surface area (Å²) in [5.74, 6) is -1.64. The first kappa shape index (κ1) is 26.0. The second-order valence-electron chi connectivity index (χ2n) is 9.89. The number of rotatable bonds is 8. The lowest BCUT2D eigenvalue weighted by molar-refractivity contribution is -0.140. The molecule has 1 amide bonds. The smallest absolute Gasteiger partial charge is 0.327 e. The average molecular weight is 525 g/mol. The Hall–Kier alpha value is -3.03. The van der Waals surface area contributed by atoms with Gasteiger partial charge in [-0.2, -0.15) is 0 Å². The Morgan fingerprint density at radius 2 is 1.69 bits per heavy atom. The van der Waals surface area contributed by atoms with Gasteiger partial charge < -0.3 is 15.0 Å². The predicted octanol–water partition coefficient (Wildman–Crippen LogP) is 5.45. The quantitative estimate of drug-likeness (QED) is 0.409. The van der Waals surface area contributed by atoms with Crippen molar-refractivity contribution in [2.45, 2.75) is 46.2 Å². The van der Waals surface area contributed by atoms with Crippen LogP contribution in [-0.2, 0) is 33.8 Å². The number of carbonyl (C=O) groups is 3. The summed E-state index contributed by atoms with van der Waals surface area (Å²) in [7, 11) is 0. The standard InChI is InChI=1S/C28H29ClN2O4S/c1-17(32)30-21(27(34)35)15-36-24(33)13-22-25(19-9-11-20(29)12-10-19)26(18-7-5-4-6-8-18)23-14-28(2,3)16-31(22)23/h4-12,21H,13-16H2,1-3H3,(H,30,32)(H,34,35). The number of aliphatic carboxylic acids is 1. The van der Waals surface area contributed by atoms with Gasteiger partial charge in [0, 0.05) is 46.8 Å². The lowest BCUT2D eigenvalue weighted by atomic mass is 9.86. The molecule has 2 N–H and O–H groups in total. The summed E-state index contributed by atoms with van der Waals surface area (Å²) in [5.41, 5.74) is 6.36. The van der Waals surface area contributed by atoms with E-state index in [4.69, 9.17) is 11.6 Å². The Morgan fingerprint density at radius 3 is 2.31 bits per heavy atom. The van der Waals surface area contributed by atoms with Gasteiger partial charge >= 0.3 is 5.97 Å². The third kappa shape index (κ3) is 5.68. The maximum Gasteiger partial charge on any atom is 0.327 e. The fourth-order valence-corrected chi connectivity index (χ4v) is 5.79. The van der Waals surface area contributed by atoms with Crippen molar-refractivity contribution >= 4 is 40.4 Å². The number of halogens is 1. The average Bonchev–Trinajstić information content (AvgIpc) is 3.27. The zero-order chi connectivity index (χ0) is 26.0. The Bertz CT molecular complexity index is 1300. The molecule has 1 atom stereocenters. The van der Waals surface area contributed by atoms with Crippen molar-refractivity contribution in [3.63, 3.8) is 0 Å². The van der Waals surface area contributed by atoms with Gasteiger partial charge in [0.15, 0.2) is 5.12 Å². The van der Waals surface area contributed by atoms with Crippen LogP contribution in [0, 0.1) is 5.41 Å². The highest BCUT2D eigenvalue weighted by atomic mass is 35.5. The highest BCUT2D eigenvalue weighted by Crippen LogP contribution is 2.47. The van der Waals surface area contributed by atoms with E-state index in [1.54, 1.807) is 0 Å². The van der Waals surface area contributed by atoms with Crippen molar-refractivity contribution in [3.05, 3.63) is 71.0 Å². The van der Waals surface area contributed by atoms with Crippen LogP contribution in [0.5, 0.6) is 0 Å². The van der Waals surface area contributed by atoms with E-state index in [1.165, 1.54) is 12.6 Å². The number of benzene rings is 2. The lowest BCUT2D eigenvalue weighted by Crippen LogP contribution is -2.41. The second kappa shape index (κ2) is 10.5. The van der Waals surface area contributed by atoms with E-state index in [2.05, 4.69) is 35.9 Å². The molecular formula is C28H29ClN2O4S. The maximum absolute atomic E-state index is 13.2. The van der Waals surface area contributed by atoms with Crippen molar-refractivity contribution < 1.29 is 19.5 Å². The molecule has 1 aromatic heterocycles. The molecule has 8 heteroatoms. The Kier molecular flexibility index (Phi) is 7.62. The first-order valence-electron chi connectivity index (χ1n) is 11.8. The van der Waals surface area contributed by atoms with Crippen molar-refractivity contribution in [1.29, 1.82) is 0 Å². The number of carbonyl (C=O) groups excluding carboxylic acids is 2. The Morgan fingerprint density at radius 1 is 1.06 bits per heavy atom. The minimum Gasteiger partial charge on any atom is -0.480 e. The summed E-state index contributed by atoms with van der Waals surface area (Å²) in [6.45, 7) is 6.49. The number of fused-ring (bicyclic) bond motifs is 1. The van der Waals surface area contributed by atoms with E-state index in [-0.39, 0.29) is 22.7 Å². The van der Waals surface area contributed by atoms with Crippen LogP contribution in [-0.4, -0.2) is 38.5 Å². The monoisotopic (exact) mass is 524 g/mol. The van der Waals surface area contributed by atoms with Gasteiger partial charge in [0.1, 0.15) is 6.04 Å². The van der Waals surface area contributed by atoms with Gasteiger partial charge in [-0.1, -0.05) is 79.7 Å². The molecule has 1 aliphatic heterocycles. The molecule has 0 saturated heterocycles. The van der Waals surface area contributed by atoms with Crippen molar-refractivity contribution in [2.24, 2.45) is 5.41 Å². The number of thioether (sulfide) groups is 1. The third-order valence-electron chi connectivity index (χ3n) is 6.30. The minimum atomic E-state index is -1.16. The van der Waals surface area contributed by atoms with Crippen molar-refractivity contribution in [1.82, 2.24) is 9.88 Å². The first-order chi connectivity index (χ1) is 17.1. The summed E-state index contributed by atoms with van der Waals surface area (Å²) in [6, 6.07) is 16.7. The van der Waals surface area contributed by atoms with Gasteiger partial charge in [0.05, 0.1) is 6.42 Å². The van der Waals surface area contributed by atoms with Gasteiger partial charge in [0.2, 0.25) is 5.91 Å². The lowest BCUT2D eigenvalue weighted by Gasteiger charge is -2.19. The molecule has 1 aliphatic rings. The van der Waals surface area contributed by atoms with Gasteiger partial charge in [-0.25, -0.2) is 4.79 Å². The van der Waals surface area contributed by atoms with Crippen molar-refractivity contribution in [2.75, 3.05) is 5.75 Å². The van der Waals surface area contributed by atoms with Gasteiger partial charge in [-0.3, -0.25) is 9.59 Å². The molecule has 0 fully saturated rings. The SMILES string of the molecule is CC(=O)NC(CSC(=O)Cc1c(-c2ccc(Cl)cc2)c(-c2ccccc2)c2n1CC(C)(C)C2)C(=O)O. The van der Waals surface area contributed by atoms with E-state index in [0.29, 0.717) is 5.02 Å². The molecule has 188 valence electrons. The minimum absolute atomic E-state index is 0.0331. The number of aromatic nitrogens is 1. The fourth-order valence-electron chi connectivity index (χ4n) is 4.84. The number of carboxylic acid groups (broad SMARTS) is 1. The van der Waals surface area contributed by atoms with Crippen LogP contribution in [0.15, 0.2) is 54.6 Å². The Balaban J connectivity index is 1.76. The molecule has 0 bridgehead atoms. The number of carboxylic acids is 1. The van der Waals surface area contributed by atoms with Crippen LogP contribution in [0.4, 0.5) is 0 Å². The molecule has 2 aromatic carbocycles. The number of hydrogen-bond donors (Lipinski definition) is 2. The van der Waals surface area contributed by atoms with Gasteiger partial charge in [0.25, 0.3) is 0 Å². The zero-order valence-electron chi connectivity index (χ0n) is 20.5. The fraction of sp³-hybridized carbons (Fsp3) is 0.321. The molecule has 0 aliphatic carbocycles. The number of amides is 1. The molecule has 4 rings (SSSR count). The predicted molar refractivity (Wildman–Crippen MR) is 144 cm³/mol. The maximum atomic E-state index is 13.2. The molecule has 6 nitrogen and oxygen atoms in total. The van der Waals surface area contributed by atoms with E-state index in [0.717, 1.165) is 52.7 Å². The molecule has 0 spiro atoms.